The van der Waals surface area contributed by atoms with Crippen molar-refractivity contribution < 1.29 is 0 Å². The maximum absolute atomic E-state index is 3.78. The van der Waals surface area contributed by atoms with Gasteiger partial charge in [0.1, 0.15) is 0 Å². The van der Waals surface area contributed by atoms with Gasteiger partial charge in [0.15, 0.2) is 0 Å². The lowest BCUT2D eigenvalue weighted by molar-refractivity contribution is 1.33. The fourth-order valence-corrected chi connectivity index (χ4v) is 1.83. The van der Waals surface area contributed by atoms with Crippen molar-refractivity contribution in [2.24, 2.45) is 0 Å². The first kappa shape index (κ1) is 23.1. The van der Waals surface area contributed by atoms with E-state index in [-0.39, 0.29) is 0 Å². The van der Waals surface area contributed by atoms with E-state index < -0.39 is 0 Å². The predicted molar refractivity (Wildman–Crippen MR) is 117 cm³/mol. The van der Waals surface area contributed by atoms with Crippen molar-refractivity contribution in [2.45, 2.75) is 27.7 Å². The molecule has 0 aliphatic carbocycles. The van der Waals surface area contributed by atoms with Crippen molar-refractivity contribution in [1.82, 2.24) is 4.98 Å². The van der Waals surface area contributed by atoms with Crippen LogP contribution in [0.4, 0.5) is 0 Å². The van der Waals surface area contributed by atoms with E-state index in [0.29, 0.717) is 0 Å². The van der Waals surface area contributed by atoms with Gasteiger partial charge in [-0.2, -0.15) is 0 Å². The summed E-state index contributed by atoms with van der Waals surface area (Å²) in [4.78, 5) is 3.78. The summed E-state index contributed by atoms with van der Waals surface area (Å²) in [6.07, 6.45) is 3.50. The zero-order chi connectivity index (χ0) is 19.3. The lowest BCUT2D eigenvalue weighted by Gasteiger charge is -1.92. The van der Waals surface area contributed by atoms with Crippen LogP contribution in [0.15, 0.2) is 116 Å². The van der Waals surface area contributed by atoms with Gasteiger partial charge in [0.2, 0.25) is 0 Å². The molecule has 1 heteroatoms. The molecule has 0 fully saturated rings. The highest BCUT2D eigenvalue weighted by Gasteiger charge is 1.85. The Balaban J connectivity index is 0.000000343. The number of pyridine rings is 1. The van der Waals surface area contributed by atoms with E-state index in [0.717, 1.165) is 0 Å². The maximum atomic E-state index is 3.78. The molecule has 0 N–H and O–H groups in total. The van der Waals surface area contributed by atoms with Crippen LogP contribution < -0.4 is 0 Å². The monoisotopic (exact) mass is 345 g/mol. The van der Waals surface area contributed by atoms with Gasteiger partial charge in [-0.15, -0.1) is 0 Å². The van der Waals surface area contributed by atoms with Crippen LogP contribution in [0, 0.1) is 0 Å². The van der Waals surface area contributed by atoms with Crippen LogP contribution in [-0.4, -0.2) is 4.98 Å². The quantitative estimate of drug-likeness (QED) is 0.319. The highest BCUT2D eigenvalue weighted by Crippen LogP contribution is 2.11. The highest BCUT2D eigenvalue weighted by atomic mass is 14.6. The Morgan fingerprint density at radius 3 is 0.846 bits per heavy atom. The standard InChI is InChI=1S/C10H8.C6H6.C5H5N.2C2H6/c1-2-6-10-8-4-3-7-9(10)5-1;2*1-2-4-6-5-3-1;2*1-2/h1-8H;1-6H;1-5H;2*1-2H3. The van der Waals surface area contributed by atoms with Crippen LogP contribution in [0.3, 0.4) is 0 Å². The van der Waals surface area contributed by atoms with Crippen LogP contribution in [0.1, 0.15) is 27.7 Å². The molecule has 0 amide bonds. The first-order valence-electron chi connectivity index (χ1n) is 9.25. The third-order valence-electron chi connectivity index (χ3n) is 2.89. The Bertz CT molecular complexity index is 586. The van der Waals surface area contributed by atoms with Crippen molar-refractivity contribution in [3.05, 3.63) is 116 Å². The molecule has 0 bridgehead atoms. The van der Waals surface area contributed by atoms with Gasteiger partial charge in [0.25, 0.3) is 0 Å². The third-order valence-corrected chi connectivity index (χ3v) is 2.89. The van der Waals surface area contributed by atoms with Crippen LogP contribution in [0.2, 0.25) is 0 Å². The number of hydrogen-bond acceptors (Lipinski definition) is 1. The lowest BCUT2D eigenvalue weighted by atomic mass is 10.1. The van der Waals surface area contributed by atoms with Crippen LogP contribution >= 0.6 is 0 Å². The van der Waals surface area contributed by atoms with Gasteiger partial charge in [0, 0.05) is 12.4 Å². The molecule has 0 saturated heterocycles. The number of fused-ring (bicyclic) bond motifs is 1. The smallest absolute Gasteiger partial charge is 0.0267 e. The van der Waals surface area contributed by atoms with Gasteiger partial charge in [-0.1, -0.05) is 119 Å². The molecule has 0 atom stereocenters. The topological polar surface area (TPSA) is 12.9 Å². The van der Waals surface area contributed by atoms with E-state index in [4.69, 9.17) is 0 Å². The summed E-state index contributed by atoms with van der Waals surface area (Å²) in [5.74, 6) is 0. The van der Waals surface area contributed by atoms with E-state index >= 15 is 0 Å². The minimum Gasteiger partial charge on any atom is -0.265 e. The summed E-state index contributed by atoms with van der Waals surface area (Å²) in [5, 5.41) is 2.62. The van der Waals surface area contributed by atoms with Crippen molar-refractivity contribution >= 4 is 10.8 Å². The molecule has 0 spiro atoms. The first-order chi connectivity index (χ1) is 13.0. The fraction of sp³-hybridized carbons (Fsp3) is 0.160. The maximum Gasteiger partial charge on any atom is 0.0267 e. The number of aromatic nitrogens is 1. The summed E-state index contributed by atoms with van der Waals surface area (Å²) in [6.45, 7) is 8.00. The molecular weight excluding hydrogens is 314 g/mol. The summed E-state index contributed by atoms with van der Waals surface area (Å²) >= 11 is 0. The zero-order valence-corrected chi connectivity index (χ0v) is 16.4. The number of nitrogens with zero attached hydrogens (tertiary/aromatic N) is 1. The van der Waals surface area contributed by atoms with Gasteiger partial charge < -0.3 is 0 Å². The Labute approximate surface area is 159 Å². The number of benzene rings is 3. The lowest BCUT2D eigenvalue weighted by Crippen LogP contribution is -1.67. The van der Waals surface area contributed by atoms with E-state index in [1.165, 1.54) is 10.8 Å². The molecule has 0 unspecified atom stereocenters. The number of hydrogen-bond donors (Lipinski definition) is 0. The average molecular weight is 346 g/mol. The molecule has 0 aliphatic heterocycles. The summed E-state index contributed by atoms with van der Waals surface area (Å²) < 4.78 is 0. The second-order valence-corrected chi connectivity index (χ2v) is 4.53. The van der Waals surface area contributed by atoms with E-state index in [9.17, 15) is 0 Å². The van der Waals surface area contributed by atoms with Crippen LogP contribution in [0.5, 0.6) is 0 Å². The molecule has 0 radical (unpaired) electrons. The average Bonchev–Trinajstić information content (AvgIpc) is 2.80. The molecule has 136 valence electrons. The molecular formula is C25H31N. The molecule has 0 aliphatic rings. The molecule has 3 aromatic carbocycles. The summed E-state index contributed by atoms with van der Waals surface area (Å²) in [7, 11) is 0. The SMILES string of the molecule is CC.CC.c1ccc2ccccc2c1.c1ccccc1.c1ccncc1. The predicted octanol–water partition coefficient (Wildman–Crippen LogP) is 7.66. The second-order valence-electron chi connectivity index (χ2n) is 4.53. The van der Waals surface area contributed by atoms with Crippen molar-refractivity contribution in [1.29, 1.82) is 0 Å². The van der Waals surface area contributed by atoms with Gasteiger partial charge in [0.05, 0.1) is 0 Å². The first-order valence-corrected chi connectivity index (χ1v) is 9.25. The summed E-state index contributed by atoms with van der Waals surface area (Å²) in [5.41, 5.74) is 0. The van der Waals surface area contributed by atoms with E-state index in [2.05, 4.69) is 53.5 Å². The molecule has 26 heavy (non-hydrogen) atoms. The van der Waals surface area contributed by atoms with Crippen LogP contribution in [0.25, 0.3) is 10.8 Å². The Kier molecular flexibility index (Phi) is 16.3. The zero-order valence-electron chi connectivity index (χ0n) is 16.4. The van der Waals surface area contributed by atoms with E-state index in [1.807, 2.05) is 82.3 Å². The molecule has 1 heterocycles. The third kappa shape index (κ3) is 11.6. The largest absolute Gasteiger partial charge is 0.265 e. The molecule has 1 aromatic heterocycles. The van der Waals surface area contributed by atoms with Crippen molar-refractivity contribution in [3.63, 3.8) is 0 Å². The molecule has 1 nitrogen and oxygen atoms in total. The van der Waals surface area contributed by atoms with Gasteiger partial charge >= 0.3 is 0 Å². The minimum absolute atomic E-state index is 1.31. The van der Waals surface area contributed by atoms with Gasteiger partial charge in [-0.25, -0.2) is 0 Å². The molecule has 0 saturated carbocycles. The van der Waals surface area contributed by atoms with E-state index in [1.54, 1.807) is 12.4 Å². The van der Waals surface area contributed by atoms with Crippen LogP contribution in [-0.2, 0) is 0 Å². The minimum atomic E-state index is 1.31. The van der Waals surface area contributed by atoms with Crippen molar-refractivity contribution in [2.75, 3.05) is 0 Å². The second kappa shape index (κ2) is 18.4. The number of rotatable bonds is 0. The fourth-order valence-electron chi connectivity index (χ4n) is 1.83. The molecule has 4 aromatic rings. The Morgan fingerprint density at radius 1 is 0.385 bits per heavy atom. The molecule has 4 rings (SSSR count). The normalized spacial score (nSPS) is 8.00. The summed E-state index contributed by atoms with van der Waals surface area (Å²) in [6, 6.07) is 34.4. The Morgan fingerprint density at radius 2 is 0.654 bits per heavy atom. The highest BCUT2D eigenvalue weighted by molar-refractivity contribution is 5.81. The van der Waals surface area contributed by atoms with Gasteiger partial charge in [-0.3, -0.25) is 4.98 Å². The van der Waals surface area contributed by atoms with Gasteiger partial charge in [-0.05, 0) is 22.9 Å². The Hall–Kier alpha value is -2.93. The van der Waals surface area contributed by atoms with Crippen molar-refractivity contribution in [3.8, 4) is 0 Å².